The molecule has 114 valence electrons. The van der Waals surface area contributed by atoms with Gasteiger partial charge in [-0.25, -0.2) is 4.98 Å². The second-order valence-corrected chi connectivity index (χ2v) is 6.28. The Morgan fingerprint density at radius 2 is 2.14 bits per heavy atom. The highest BCUT2D eigenvalue weighted by Gasteiger charge is 2.18. The zero-order valence-corrected chi connectivity index (χ0v) is 12.9. The molecular formula is C17H26N4. The van der Waals surface area contributed by atoms with Crippen molar-refractivity contribution in [2.45, 2.75) is 39.0 Å². The van der Waals surface area contributed by atoms with Crippen molar-refractivity contribution in [1.29, 1.82) is 0 Å². The SMILES string of the molecule is CCCC1CCN(CCc2nc3ccc(N)cc3[nH]2)CC1. The lowest BCUT2D eigenvalue weighted by Gasteiger charge is -2.31. The Hall–Kier alpha value is -1.55. The second-order valence-electron chi connectivity index (χ2n) is 6.28. The van der Waals surface area contributed by atoms with E-state index in [1.165, 1.54) is 38.8 Å². The van der Waals surface area contributed by atoms with Crippen LogP contribution in [0.15, 0.2) is 18.2 Å². The van der Waals surface area contributed by atoms with E-state index in [9.17, 15) is 0 Å². The Kier molecular flexibility index (Phi) is 4.44. The summed E-state index contributed by atoms with van der Waals surface area (Å²) in [6.07, 6.45) is 6.45. The summed E-state index contributed by atoms with van der Waals surface area (Å²) in [7, 11) is 0. The third-order valence-corrected chi connectivity index (χ3v) is 4.62. The number of rotatable bonds is 5. The van der Waals surface area contributed by atoms with E-state index in [4.69, 9.17) is 5.73 Å². The topological polar surface area (TPSA) is 57.9 Å². The normalized spacial score (nSPS) is 17.6. The number of piperidine rings is 1. The maximum Gasteiger partial charge on any atom is 0.108 e. The summed E-state index contributed by atoms with van der Waals surface area (Å²) < 4.78 is 0. The van der Waals surface area contributed by atoms with Crippen molar-refractivity contribution >= 4 is 16.7 Å². The maximum atomic E-state index is 5.81. The van der Waals surface area contributed by atoms with Gasteiger partial charge in [-0.1, -0.05) is 19.8 Å². The van der Waals surface area contributed by atoms with E-state index >= 15 is 0 Å². The number of imidazole rings is 1. The summed E-state index contributed by atoms with van der Waals surface area (Å²) in [5.74, 6) is 2.03. The minimum absolute atomic E-state index is 0.788. The van der Waals surface area contributed by atoms with E-state index < -0.39 is 0 Å². The molecule has 2 heterocycles. The molecular weight excluding hydrogens is 260 g/mol. The maximum absolute atomic E-state index is 5.81. The number of fused-ring (bicyclic) bond motifs is 1. The van der Waals surface area contributed by atoms with Crippen LogP contribution in [0.1, 0.15) is 38.4 Å². The number of hydrogen-bond donors (Lipinski definition) is 2. The zero-order valence-electron chi connectivity index (χ0n) is 12.9. The molecule has 0 aliphatic carbocycles. The number of nitrogens with zero attached hydrogens (tertiary/aromatic N) is 2. The number of nitrogens with two attached hydrogens (primary N) is 1. The molecule has 0 bridgehead atoms. The summed E-state index contributed by atoms with van der Waals surface area (Å²) in [6, 6.07) is 5.86. The van der Waals surface area contributed by atoms with E-state index in [0.29, 0.717) is 0 Å². The van der Waals surface area contributed by atoms with Gasteiger partial charge in [-0.2, -0.15) is 0 Å². The Balaban J connectivity index is 1.52. The van der Waals surface area contributed by atoms with Crippen molar-refractivity contribution in [3.8, 4) is 0 Å². The third kappa shape index (κ3) is 3.56. The van der Waals surface area contributed by atoms with E-state index in [-0.39, 0.29) is 0 Å². The van der Waals surface area contributed by atoms with Crippen molar-refractivity contribution in [3.05, 3.63) is 24.0 Å². The van der Waals surface area contributed by atoms with Crippen molar-refractivity contribution in [2.75, 3.05) is 25.4 Å². The lowest BCUT2D eigenvalue weighted by atomic mass is 9.92. The van der Waals surface area contributed by atoms with Crippen LogP contribution in [-0.2, 0) is 6.42 Å². The first-order valence-corrected chi connectivity index (χ1v) is 8.21. The first-order valence-electron chi connectivity index (χ1n) is 8.21. The summed E-state index contributed by atoms with van der Waals surface area (Å²) in [5, 5.41) is 0. The largest absolute Gasteiger partial charge is 0.399 e. The standard InChI is InChI=1S/C17H26N4/c1-2-3-13-6-9-21(10-7-13)11-8-17-19-15-5-4-14(18)12-16(15)20-17/h4-5,12-13H,2-3,6-11,18H2,1H3,(H,19,20). The van der Waals surface area contributed by atoms with E-state index in [1.54, 1.807) is 0 Å². The fourth-order valence-corrected chi connectivity index (χ4v) is 3.37. The van der Waals surface area contributed by atoms with E-state index in [1.807, 2.05) is 18.2 Å². The Morgan fingerprint density at radius 3 is 2.90 bits per heavy atom. The van der Waals surface area contributed by atoms with Crippen LogP contribution >= 0.6 is 0 Å². The molecule has 2 aromatic rings. The zero-order chi connectivity index (χ0) is 14.7. The summed E-state index contributed by atoms with van der Waals surface area (Å²) in [5.41, 5.74) is 8.66. The molecule has 21 heavy (non-hydrogen) atoms. The number of nitrogen functional groups attached to an aromatic ring is 1. The number of H-pyrrole nitrogens is 1. The lowest BCUT2D eigenvalue weighted by molar-refractivity contribution is 0.179. The molecule has 4 nitrogen and oxygen atoms in total. The fourth-order valence-electron chi connectivity index (χ4n) is 3.37. The van der Waals surface area contributed by atoms with Gasteiger partial charge >= 0.3 is 0 Å². The Morgan fingerprint density at radius 1 is 1.33 bits per heavy atom. The highest BCUT2D eigenvalue weighted by atomic mass is 15.1. The predicted molar refractivity (Wildman–Crippen MR) is 88.3 cm³/mol. The summed E-state index contributed by atoms with van der Waals surface area (Å²) >= 11 is 0. The highest BCUT2D eigenvalue weighted by Crippen LogP contribution is 2.22. The minimum atomic E-state index is 0.788. The third-order valence-electron chi connectivity index (χ3n) is 4.62. The molecule has 0 saturated carbocycles. The number of benzene rings is 1. The van der Waals surface area contributed by atoms with Crippen LogP contribution in [0.4, 0.5) is 5.69 Å². The molecule has 1 aromatic heterocycles. The van der Waals surface area contributed by atoms with Gasteiger partial charge in [0, 0.05) is 18.7 Å². The van der Waals surface area contributed by atoms with Crippen LogP contribution < -0.4 is 5.73 Å². The average Bonchev–Trinajstić information content (AvgIpc) is 2.89. The monoisotopic (exact) mass is 286 g/mol. The van der Waals surface area contributed by atoms with Gasteiger partial charge in [0.05, 0.1) is 11.0 Å². The van der Waals surface area contributed by atoms with Crippen LogP contribution in [-0.4, -0.2) is 34.5 Å². The van der Waals surface area contributed by atoms with E-state index in [0.717, 1.165) is 41.4 Å². The first-order chi connectivity index (χ1) is 10.2. The number of aromatic amines is 1. The van der Waals surface area contributed by atoms with Gasteiger partial charge in [0.1, 0.15) is 5.82 Å². The molecule has 1 saturated heterocycles. The molecule has 0 amide bonds. The Labute approximate surface area is 126 Å². The Bertz CT molecular complexity index is 581. The van der Waals surface area contributed by atoms with E-state index in [2.05, 4.69) is 21.8 Å². The van der Waals surface area contributed by atoms with Gasteiger partial charge < -0.3 is 15.6 Å². The number of aromatic nitrogens is 2. The molecule has 1 aliphatic rings. The molecule has 4 heteroatoms. The van der Waals surface area contributed by atoms with Gasteiger partial charge in [0.25, 0.3) is 0 Å². The van der Waals surface area contributed by atoms with Crippen molar-refractivity contribution < 1.29 is 0 Å². The van der Waals surface area contributed by atoms with Crippen LogP contribution in [0, 0.1) is 5.92 Å². The quantitative estimate of drug-likeness (QED) is 0.830. The lowest BCUT2D eigenvalue weighted by Crippen LogP contribution is -2.35. The molecule has 0 atom stereocenters. The number of nitrogens with one attached hydrogen (secondary N) is 1. The summed E-state index contributed by atoms with van der Waals surface area (Å²) in [6.45, 7) is 5.89. The van der Waals surface area contributed by atoms with Crippen LogP contribution in [0.25, 0.3) is 11.0 Å². The van der Waals surface area contributed by atoms with Crippen molar-refractivity contribution in [1.82, 2.24) is 14.9 Å². The first kappa shape index (κ1) is 14.4. The van der Waals surface area contributed by atoms with Gasteiger partial charge in [0.15, 0.2) is 0 Å². The minimum Gasteiger partial charge on any atom is -0.399 e. The van der Waals surface area contributed by atoms with Crippen LogP contribution in [0.2, 0.25) is 0 Å². The van der Waals surface area contributed by atoms with Crippen LogP contribution in [0.5, 0.6) is 0 Å². The van der Waals surface area contributed by atoms with Gasteiger partial charge in [-0.15, -0.1) is 0 Å². The molecule has 1 fully saturated rings. The smallest absolute Gasteiger partial charge is 0.108 e. The molecule has 3 N–H and O–H groups in total. The van der Waals surface area contributed by atoms with Crippen LogP contribution in [0.3, 0.4) is 0 Å². The summed E-state index contributed by atoms with van der Waals surface area (Å²) in [4.78, 5) is 10.6. The molecule has 0 spiro atoms. The molecule has 3 rings (SSSR count). The number of hydrogen-bond acceptors (Lipinski definition) is 3. The molecule has 0 unspecified atom stereocenters. The van der Waals surface area contributed by atoms with Crippen molar-refractivity contribution in [3.63, 3.8) is 0 Å². The van der Waals surface area contributed by atoms with Crippen molar-refractivity contribution in [2.24, 2.45) is 5.92 Å². The molecule has 1 aromatic carbocycles. The van der Waals surface area contributed by atoms with Gasteiger partial charge in [0.2, 0.25) is 0 Å². The fraction of sp³-hybridized carbons (Fsp3) is 0.588. The molecule has 1 aliphatic heterocycles. The van der Waals surface area contributed by atoms with Gasteiger partial charge in [-0.05, 0) is 50.0 Å². The number of likely N-dealkylation sites (tertiary alicyclic amines) is 1. The molecule has 0 radical (unpaired) electrons. The number of anilines is 1. The highest BCUT2D eigenvalue weighted by molar-refractivity contribution is 5.78. The van der Waals surface area contributed by atoms with Gasteiger partial charge in [-0.3, -0.25) is 0 Å². The average molecular weight is 286 g/mol. The predicted octanol–water partition coefficient (Wildman–Crippen LogP) is 3.20. The second kappa shape index (κ2) is 6.48.